The Bertz CT molecular complexity index is 833. The first-order valence-electron chi connectivity index (χ1n) is 10.1. The van der Waals surface area contributed by atoms with Gasteiger partial charge in [-0.1, -0.05) is 19.1 Å². The maximum absolute atomic E-state index is 12.4. The van der Waals surface area contributed by atoms with Gasteiger partial charge >= 0.3 is 0 Å². The Labute approximate surface area is 166 Å². The molecule has 1 N–H and O–H groups in total. The van der Waals surface area contributed by atoms with Gasteiger partial charge in [0.1, 0.15) is 5.82 Å². The highest BCUT2D eigenvalue weighted by molar-refractivity contribution is 5.94. The predicted octanol–water partition coefficient (Wildman–Crippen LogP) is 3.15. The standard InChI is InChI=1S/C22H28N4O2/c1-3-6-20-24-16(2)15-19(25-20)17-8-10-18(11-9-17)22(28)23-12-14-26-13-5-4-7-21(26)27/h8-11,15H,3-7,12-14H2,1-2H3,(H,23,28). The van der Waals surface area contributed by atoms with Crippen LogP contribution in [0.2, 0.25) is 0 Å². The van der Waals surface area contributed by atoms with Crippen molar-refractivity contribution in [2.45, 2.75) is 46.0 Å². The Morgan fingerprint density at radius 2 is 1.96 bits per heavy atom. The van der Waals surface area contributed by atoms with Crippen molar-refractivity contribution in [3.63, 3.8) is 0 Å². The molecule has 0 radical (unpaired) electrons. The van der Waals surface area contributed by atoms with Crippen molar-refractivity contribution in [1.82, 2.24) is 20.2 Å². The molecule has 0 atom stereocenters. The Morgan fingerprint density at radius 3 is 2.68 bits per heavy atom. The molecule has 1 aliphatic heterocycles. The van der Waals surface area contributed by atoms with Crippen molar-refractivity contribution in [1.29, 1.82) is 0 Å². The van der Waals surface area contributed by atoms with Gasteiger partial charge in [-0.05, 0) is 44.4 Å². The number of aryl methyl sites for hydroxylation is 2. The lowest BCUT2D eigenvalue weighted by atomic mass is 10.1. The van der Waals surface area contributed by atoms with Gasteiger partial charge in [0.05, 0.1) is 5.69 Å². The minimum atomic E-state index is -0.124. The summed E-state index contributed by atoms with van der Waals surface area (Å²) in [5, 5.41) is 2.90. The minimum absolute atomic E-state index is 0.124. The third-order valence-corrected chi connectivity index (χ3v) is 4.91. The first kappa shape index (κ1) is 20.0. The summed E-state index contributed by atoms with van der Waals surface area (Å²) < 4.78 is 0. The fourth-order valence-corrected chi connectivity index (χ4v) is 3.41. The second-order valence-electron chi connectivity index (χ2n) is 7.23. The molecular weight excluding hydrogens is 352 g/mol. The van der Waals surface area contributed by atoms with Crippen molar-refractivity contribution in [3.05, 3.63) is 47.4 Å². The van der Waals surface area contributed by atoms with E-state index in [2.05, 4.69) is 22.2 Å². The molecule has 3 rings (SSSR count). The Kier molecular flexibility index (Phi) is 6.74. The lowest BCUT2D eigenvalue weighted by molar-refractivity contribution is -0.133. The quantitative estimate of drug-likeness (QED) is 0.801. The smallest absolute Gasteiger partial charge is 0.251 e. The average Bonchev–Trinajstić information content (AvgIpc) is 2.69. The van der Waals surface area contributed by atoms with E-state index in [4.69, 9.17) is 0 Å². The molecule has 0 spiro atoms. The van der Waals surface area contributed by atoms with Gasteiger partial charge in [0.2, 0.25) is 5.91 Å². The third kappa shape index (κ3) is 5.15. The predicted molar refractivity (Wildman–Crippen MR) is 109 cm³/mol. The van der Waals surface area contributed by atoms with Crippen LogP contribution in [0.1, 0.15) is 54.5 Å². The average molecular weight is 380 g/mol. The van der Waals surface area contributed by atoms with Gasteiger partial charge < -0.3 is 10.2 Å². The first-order chi connectivity index (χ1) is 13.6. The van der Waals surface area contributed by atoms with Crippen molar-refractivity contribution in [2.75, 3.05) is 19.6 Å². The van der Waals surface area contributed by atoms with Gasteiger partial charge in [-0.2, -0.15) is 0 Å². The molecule has 0 unspecified atom stereocenters. The number of likely N-dealkylation sites (tertiary alicyclic amines) is 1. The number of amides is 2. The van der Waals surface area contributed by atoms with Gasteiger partial charge in [-0.15, -0.1) is 0 Å². The molecule has 1 fully saturated rings. The SMILES string of the molecule is CCCc1nc(C)cc(-c2ccc(C(=O)NCCN3CCCCC3=O)cc2)n1. The molecule has 148 valence electrons. The monoisotopic (exact) mass is 380 g/mol. The topological polar surface area (TPSA) is 75.2 Å². The fraction of sp³-hybridized carbons (Fsp3) is 0.455. The molecule has 6 nitrogen and oxygen atoms in total. The van der Waals surface area contributed by atoms with Crippen LogP contribution in [0.4, 0.5) is 0 Å². The summed E-state index contributed by atoms with van der Waals surface area (Å²) in [7, 11) is 0. The molecule has 2 amide bonds. The second-order valence-corrected chi connectivity index (χ2v) is 7.23. The highest BCUT2D eigenvalue weighted by Crippen LogP contribution is 2.19. The normalized spacial score (nSPS) is 14.2. The summed E-state index contributed by atoms with van der Waals surface area (Å²) in [6, 6.07) is 9.42. The summed E-state index contributed by atoms with van der Waals surface area (Å²) in [6.45, 7) is 5.92. The van der Waals surface area contributed by atoms with E-state index in [0.717, 1.165) is 55.0 Å². The molecule has 1 aliphatic rings. The lowest BCUT2D eigenvalue weighted by Crippen LogP contribution is -2.41. The highest BCUT2D eigenvalue weighted by atomic mass is 16.2. The van der Waals surface area contributed by atoms with Gasteiger partial charge in [-0.3, -0.25) is 9.59 Å². The lowest BCUT2D eigenvalue weighted by Gasteiger charge is -2.26. The number of carbonyl (C=O) groups is 2. The molecule has 1 aromatic heterocycles. The highest BCUT2D eigenvalue weighted by Gasteiger charge is 2.17. The maximum atomic E-state index is 12.4. The number of carbonyl (C=O) groups excluding carboxylic acids is 2. The molecule has 6 heteroatoms. The molecule has 0 saturated carbocycles. The van der Waals surface area contributed by atoms with Gasteiger partial charge in [0.15, 0.2) is 0 Å². The minimum Gasteiger partial charge on any atom is -0.350 e. The third-order valence-electron chi connectivity index (χ3n) is 4.91. The Morgan fingerprint density at radius 1 is 1.18 bits per heavy atom. The zero-order chi connectivity index (χ0) is 19.9. The van der Waals surface area contributed by atoms with Crippen molar-refractivity contribution in [2.24, 2.45) is 0 Å². The summed E-state index contributed by atoms with van der Waals surface area (Å²) in [4.78, 5) is 35.1. The van der Waals surface area contributed by atoms with E-state index in [1.54, 1.807) is 0 Å². The van der Waals surface area contributed by atoms with Crippen molar-refractivity contribution >= 4 is 11.8 Å². The van der Waals surface area contributed by atoms with Crippen LogP contribution >= 0.6 is 0 Å². The summed E-state index contributed by atoms with van der Waals surface area (Å²) >= 11 is 0. The van der Waals surface area contributed by atoms with Crippen LogP contribution in [0.15, 0.2) is 30.3 Å². The molecule has 0 bridgehead atoms. The maximum Gasteiger partial charge on any atom is 0.251 e. The number of nitrogens with one attached hydrogen (secondary N) is 1. The van der Waals surface area contributed by atoms with E-state index in [0.29, 0.717) is 25.1 Å². The molecule has 1 saturated heterocycles. The largest absolute Gasteiger partial charge is 0.350 e. The van der Waals surface area contributed by atoms with Crippen LogP contribution < -0.4 is 5.32 Å². The van der Waals surface area contributed by atoms with E-state index in [1.165, 1.54) is 0 Å². The van der Waals surface area contributed by atoms with Crippen molar-refractivity contribution in [3.8, 4) is 11.3 Å². The van der Waals surface area contributed by atoms with E-state index in [-0.39, 0.29) is 11.8 Å². The fourth-order valence-electron chi connectivity index (χ4n) is 3.41. The number of hydrogen-bond donors (Lipinski definition) is 1. The van der Waals surface area contributed by atoms with Crippen LogP contribution in [0, 0.1) is 6.92 Å². The van der Waals surface area contributed by atoms with Crippen LogP contribution in [0.5, 0.6) is 0 Å². The molecule has 1 aromatic carbocycles. The van der Waals surface area contributed by atoms with Crippen LogP contribution in [-0.2, 0) is 11.2 Å². The summed E-state index contributed by atoms with van der Waals surface area (Å²) in [5.74, 6) is 0.917. The van der Waals surface area contributed by atoms with Gasteiger partial charge in [0, 0.05) is 49.3 Å². The molecular formula is C22H28N4O2. The van der Waals surface area contributed by atoms with Gasteiger partial charge in [-0.25, -0.2) is 9.97 Å². The van der Waals surface area contributed by atoms with E-state index in [1.807, 2.05) is 42.2 Å². The van der Waals surface area contributed by atoms with Crippen LogP contribution in [0.25, 0.3) is 11.3 Å². The first-order valence-corrected chi connectivity index (χ1v) is 10.1. The van der Waals surface area contributed by atoms with Crippen molar-refractivity contribution < 1.29 is 9.59 Å². The molecule has 2 heterocycles. The van der Waals surface area contributed by atoms with Crippen LogP contribution in [-0.4, -0.2) is 46.3 Å². The number of aromatic nitrogens is 2. The van der Waals surface area contributed by atoms with Gasteiger partial charge in [0.25, 0.3) is 5.91 Å². The Balaban J connectivity index is 1.59. The Hall–Kier alpha value is -2.76. The molecule has 0 aliphatic carbocycles. The van der Waals surface area contributed by atoms with Crippen LogP contribution in [0.3, 0.4) is 0 Å². The number of piperidine rings is 1. The number of nitrogens with zero attached hydrogens (tertiary/aromatic N) is 3. The summed E-state index contributed by atoms with van der Waals surface area (Å²) in [5.41, 5.74) is 3.40. The van der Waals surface area contributed by atoms with E-state index >= 15 is 0 Å². The number of rotatable bonds is 7. The zero-order valence-corrected chi connectivity index (χ0v) is 16.7. The van der Waals surface area contributed by atoms with E-state index in [9.17, 15) is 9.59 Å². The second kappa shape index (κ2) is 9.44. The molecule has 2 aromatic rings. The summed E-state index contributed by atoms with van der Waals surface area (Å²) in [6.07, 6.45) is 4.50. The molecule has 28 heavy (non-hydrogen) atoms. The number of hydrogen-bond acceptors (Lipinski definition) is 4. The number of benzene rings is 1. The zero-order valence-electron chi connectivity index (χ0n) is 16.7. The van der Waals surface area contributed by atoms with E-state index < -0.39 is 0 Å².